The fourth-order valence-electron chi connectivity index (χ4n) is 1.81. The summed E-state index contributed by atoms with van der Waals surface area (Å²) in [6, 6.07) is 13.8. The van der Waals surface area contributed by atoms with Crippen LogP contribution >= 0.6 is 0 Å². The Morgan fingerprint density at radius 3 is 2.24 bits per heavy atom. The molecule has 4 nitrogen and oxygen atoms in total. The molecule has 2 rings (SSSR count). The zero-order chi connectivity index (χ0) is 15.3. The lowest BCUT2D eigenvalue weighted by Gasteiger charge is -2.06. The summed E-state index contributed by atoms with van der Waals surface area (Å²) in [6.45, 7) is 0. The highest BCUT2D eigenvalue weighted by Gasteiger charge is 2.17. The van der Waals surface area contributed by atoms with Crippen LogP contribution in [-0.4, -0.2) is 20.1 Å². The molecule has 0 aliphatic rings. The maximum absolute atomic E-state index is 12.7. The molecule has 2 aromatic carbocycles. The summed E-state index contributed by atoms with van der Waals surface area (Å²) in [5.41, 5.74) is 0.989. The Morgan fingerprint density at radius 1 is 1.00 bits per heavy atom. The number of nitrogens with one attached hydrogen (secondary N) is 1. The molecule has 0 atom stereocenters. The predicted octanol–water partition coefficient (Wildman–Crippen LogP) is 2.38. The average molecular weight is 307 g/mol. The lowest BCUT2D eigenvalue weighted by atomic mass is 10.2. The number of amides is 1. The van der Waals surface area contributed by atoms with Crippen LogP contribution in [0.2, 0.25) is 0 Å². The van der Waals surface area contributed by atoms with Crippen molar-refractivity contribution < 1.29 is 17.6 Å². The molecule has 0 unspecified atom stereocenters. The standard InChI is InChI=1S/C15H14FNO3S/c16-13-6-8-14(9-7-13)17-15(18)11-21(19,20)10-12-4-2-1-3-5-12/h1-9H,10-11H2,(H,17,18). The highest BCUT2D eigenvalue weighted by Crippen LogP contribution is 2.10. The van der Waals surface area contributed by atoms with E-state index in [4.69, 9.17) is 0 Å². The van der Waals surface area contributed by atoms with Crippen LogP contribution in [0.1, 0.15) is 5.56 Å². The van der Waals surface area contributed by atoms with Crippen molar-refractivity contribution >= 4 is 21.4 Å². The summed E-state index contributed by atoms with van der Waals surface area (Å²) in [4.78, 5) is 11.7. The van der Waals surface area contributed by atoms with Crippen molar-refractivity contribution in [2.24, 2.45) is 0 Å². The molecule has 0 fully saturated rings. The summed E-state index contributed by atoms with van der Waals surface area (Å²) < 4.78 is 36.6. The molecule has 0 heterocycles. The molecule has 110 valence electrons. The molecule has 0 radical (unpaired) electrons. The van der Waals surface area contributed by atoms with E-state index in [0.717, 1.165) is 0 Å². The van der Waals surface area contributed by atoms with Crippen molar-refractivity contribution in [3.8, 4) is 0 Å². The average Bonchev–Trinajstić information content (AvgIpc) is 2.41. The number of hydrogen-bond acceptors (Lipinski definition) is 3. The van der Waals surface area contributed by atoms with E-state index >= 15 is 0 Å². The summed E-state index contributed by atoms with van der Waals surface area (Å²) >= 11 is 0. The zero-order valence-electron chi connectivity index (χ0n) is 11.1. The molecule has 1 N–H and O–H groups in total. The minimum atomic E-state index is -3.55. The van der Waals surface area contributed by atoms with Gasteiger partial charge in [-0.05, 0) is 29.8 Å². The smallest absolute Gasteiger partial charge is 0.239 e. The molecular weight excluding hydrogens is 293 g/mol. The normalized spacial score (nSPS) is 11.1. The molecule has 0 spiro atoms. The number of carbonyl (C=O) groups excluding carboxylic acids is 1. The van der Waals surface area contributed by atoms with Gasteiger partial charge in [0, 0.05) is 5.69 Å². The molecule has 0 bridgehead atoms. The Kier molecular flexibility index (Phi) is 4.70. The van der Waals surface area contributed by atoms with Crippen LogP contribution in [0, 0.1) is 5.82 Å². The van der Waals surface area contributed by atoms with Crippen LogP contribution in [-0.2, 0) is 20.4 Å². The highest BCUT2D eigenvalue weighted by molar-refractivity contribution is 7.91. The number of rotatable bonds is 5. The fraction of sp³-hybridized carbons (Fsp3) is 0.133. The summed E-state index contributed by atoms with van der Waals surface area (Å²) in [7, 11) is -3.55. The van der Waals surface area contributed by atoms with Gasteiger partial charge in [-0.15, -0.1) is 0 Å². The quantitative estimate of drug-likeness (QED) is 0.922. The molecule has 1 amide bonds. The second kappa shape index (κ2) is 6.49. The van der Waals surface area contributed by atoms with E-state index in [-0.39, 0.29) is 5.75 Å². The van der Waals surface area contributed by atoms with Crippen LogP contribution < -0.4 is 5.32 Å². The van der Waals surface area contributed by atoms with Gasteiger partial charge in [-0.2, -0.15) is 0 Å². The van der Waals surface area contributed by atoms with E-state index in [0.29, 0.717) is 11.3 Å². The van der Waals surface area contributed by atoms with Crippen molar-refractivity contribution in [1.82, 2.24) is 0 Å². The van der Waals surface area contributed by atoms with Gasteiger partial charge in [-0.3, -0.25) is 4.79 Å². The van der Waals surface area contributed by atoms with Gasteiger partial charge in [0.2, 0.25) is 5.91 Å². The van der Waals surface area contributed by atoms with E-state index in [2.05, 4.69) is 5.32 Å². The van der Waals surface area contributed by atoms with E-state index in [9.17, 15) is 17.6 Å². The number of hydrogen-bond donors (Lipinski definition) is 1. The molecule has 21 heavy (non-hydrogen) atoms. The molecular formula is C15H14FNO3S. The van der Waals surface area contributed by atoms with Crippen LogP contribution in [0.25, 0.3) is 0 Å². The van der Waals surface area contributed by atoms with Gasteiger partial charge in [0.05, 0.1) is 5.75 Å². The van der Waals surface area contributed by atoms with Gasteiger partial charge in [0.25, 0.3) is 0 Å². The Hall–Kier alpha value is -2.21. The topological polar surface area (TPSA) is 63.2 Å². The van der Waals surface area contributed by atoms with Crippen LogP contribution in [0.4, 0.5) is 10.1 Å². The molecule has 0 saturated carbocycles. The van der Waals surface area contributed by atoms with Gasteiger partial charge in [-0.25, -0.2) is 12.8 Å². The fourth-order valence-corrected chi connectivity index (χ4v) is 3.08. The van der Waals surface area contributed by atoms with Crippen molar-refractivity contribution in [2.45, 2.75) is 5.75 Å². The predicted molar refractivity (Wildman–Crippen MR) is 79.0 cm³/mol. The van der Waals surface area contributed by atoms with Gasteiger partial charge < -0.3 is 5.32 Å². The molecule has 2 aromatic rings. The third-order valence-corrected chi connectivity index (χ3v) is 4.18. The van der Waals surface area contributed by atoms with E-state index in [1.807, 2.05) is 0 Å². The number of anilines is 1. The molecule has 0 aromatic heterocycles. The number of carbonyl (C=O) groups is 1. The van der Waals surface area contributed by atoms with Crippen molar-refractivity contribution in [3.63, 3.8) is 0 Å². The van der Waals surface area contributed by atoms with Gasteiger partial charge >= 0.3 is 0 Å². The monoisotopic (exact) mass is 307 g/mol. The molecule has 6 heteroatoms. The SMILES string of the molecule is O=C(CS(=O)(=O)Cc1ccccc1)Nc1ccc(F)cc1. The van der Waals surface area contributed by atoms with Gasteiger partial charge in [0.15, 0.2) is 9.84 Å². The van der Waals surface area contributed by atoms with Crippen LogP contribution in [0.15, 0.2) is 54.6 Å². The Balaban J connectivity index is 1.96. The summed E-state index contributed by atoms with van der Waals surface area (Å²) in [5, 5.41) is 2.43. The second-order valence-corrected chi connectivity index (χ2v) is 6.64. The first-order valence-corrected chi connectivity index (χ1v) is 8.06. The Morgan fingerprint density at radius 2 is 1.62 bits per heavy atom. The lowest BCUT2D eigenvalue weighted by molar-refractivity contribution is -0.113. The van der Waals surface area contributed by atoms with Gasteiger partial charge in [0.1, 0.15) is 11.6 Å². The number of benzene rings is 2. The third-order valence-electron chi connectivity index (χ3n) is 2.71. The molecule has 0 aliphatic carbocycles. The second-order valence-electron chi connectivity index (χ2n) is 4.57. The first-order chi connectivity index (χ1) is 9.94. The zero-order valence-corrected chi connectivity index (χ0v) is 11.9. The first kappa shape index (κ1) is 15.2. The Bertz CT molecular complexity index is 712. The maximum atomic E-state index is 12.7. The maximum Gasteiger partial charge on any atom is 0.239 e. The van der Waals surface area contributed by atoms with Crippen molar-refractivity contribution in [2.75, 3.05) is 11.1 Å². The minimum absolute atomic E-state index is 0.190. The first-order valence-electron chi connectivity index (χ1n) is 6.24. The third kappa shape index (κ3) is 5.00. The highest BCUT2D eigenvalue weighted by atomic mass is 32.2. The molecule has 0 saturated heterocycles. The number of halogens is 1. The minimum Gasteiger partial charge on any atom is -0.325 e. The van der Waals surface area contributed by atoms with Crippen LogP contribution in [0.3, 0.4) is 0 Å². The summed E-state index contributed by atoms with van der Waals surface area (Å²) in [5.74, 6) is -1.87. The van der Waals surface area contributed by atoms with Crippen molar-refractivity contribution in [1.29, 1.82) is 0 Å². The van der Waals surface area contributed by atoms with Crippen molar-refractivity contribution in [3.05, 3.63) is 66.0 Å². The van der Waals surface area contributed by atoms with Gasteiger partial charge in [-0.1, -0.05) is 30.3 Å². The van der Waals surface area contributed by atoms with E-state index < -0.39 is 27.3 Å². The van der Waals surface area contributed by atoms with E-state index in [1.165, 1.54) is 24.3 Å². The Labute approximate surface area is 122 Å². The summed E-state index contributed by atoms with van der Waals surface area (Å²) in [6.07, 6.45) is 0. The van der Waals surface area contributed by atoms with E-state index in [1.54, 1.807) is 30.3 Å². The van der Waals surface area contributed by atoms with Crippen LogP contribution in [0.5, 0.6) is 0 Å². The molecule has 0 aliphatic heterocycles. The number of sulfone groups is 1. The lowest BCUT2D eigenvalue weighted by Crippen LogP contribution is -2.23. The largest absolute Gasteiger partial charge is 0.325 e.